The standard InChI is InChI=1S/C23H38O3/c1-21(2,3)26-20-9-8-16-15-7-6-14-12-18(24)19(25)13-23(14,5)17(15)10-11-22(16,20)4/h12,15-20,24-25H,6-11,13H2,1-5H3/t15?,16?,17?,18-,19-,20+,22+,23+/m1/s1. The molecular weight excluding hydrogens is 324 g/mol. The van der Waals surface area contributed by atoms with Crippen molar-refractivity contribution in [3.63, 3.8) is 0 Å². The van der Waals surface area contributed by atoms with Crippen LogP contribution in [0, 0.1) is 28.6 Å². The first-order chi connectivity index (χ1) is 12.0. The Kier molecular flexibility index (Phi) is 4.42. The molecule has 148 valence electrons. The van der Waals surface area contributed by atoms with Crippen molar-refractivity contribution in [2.45, 2.75) is 103 Å². The van der Waals surface area contributed by atoms with Crippen LogP contribution in [0.2, 0.25) is 0 Å². The second kappa shape index (κ2) is 6.06. The first-order valence-corrected chi connectivity index (χ1v) is 10.8. The van der Waals surface area contributed by atoms with Gasteiger partial charge in [-0.3, -0.25) is 0 Å². The lowest BCUT2D eigenvalue weighted by molar-refractivity contribution is -0.142. The number of hydrogen-bond donors (Lipinski definition) is 2. The van der Waals surface area contributed by atoms with Gasteiger partial charge in [0, 0.05) is 0 Å². The highest BCUT2D eigenvalue weighted by atomic mass is 16.5. The van der Waals surface area contributed by atoms with Gasteiger partial charge in [-0.1, -0.05) is 25.5 Å². The van der Waals surface area contributed by atoms with Crippen molar-refractivity contribution in [2.75, 3.05) is 0 Å². The summed E-state index contributed by atoms with van der Waals surface area (Å²) < 4.78 is 6.53. The molecule has 4 aliphatic rings. The average Bonchev–Trinajstić information content (AvgIpc) is 2.84. The highest BCUT2D eigenvalue weighted by Gasteiger charge is 2.60. The van der Waals surface area contributed by atoms with Crippen LogP contribution in [0.15, 0.2) is 11.6 Å². The van der Waals surface area contributed by atoms with Gasteiger partial charge in [0.2, 0.25) is 0 Å². The van der Waals surface area contributed by atoms with Crippen molar-refractivity contribution in [3.05, 3.63) is 11.6 Å². The zero-order valence-electron chi connectivity index (χ0n) is 17.3. The van der Waals surface area contributed by atoms with E-state index in [1.165, 1.54) is 37.7 Å². The Bertz CT molecular complexity index is 591. The first-order valence-electron chi connectivity index (χ1n) is 10.8. The number of fused-ring (bicyclic) bond motifs is 5. The van der Waals surface area contributed by atoms with Crippen molar-refractivity contribution in [1.82, 2.24) is 0 Å². The number of ether oxygens (including phenoxy) is 1. The maximum Gasteiger partial charge on any atom is 0.0983 e. The maximum atomic E-state index is 10.4. The summed E-state index contributed by atoms with van der Waals surface area (Å²) >= 11 is 0. The third-order valence-corrected chi connectivity index (χ3v) is 8.54. The monoisotopic (exact) mass is 362 g/mol. The molecule has 0 aliphatic heterocycles. The summed E-state index contributed by atoms with van der Waals surface area (Å²) in [5, 5.41) is 20.5. The van der Waals surface area contributed by atoms with Crippen molar-refractivity contribution < 1.29 is 14.9 Å². The van der Waals surface area contributed by atoms with Gasteiger partial charge in [-0.15, -0.1) is 0 Å². The lowest BCUT2D eigenvalue weighted by Crippen LogP contribution is -2.54. The van der Waals surface area contributed by atoms with Crippen LogP contribution in [0.25, 0.3) is 0 Å². The van der Waals surface area contributed by atoms with Crippen LogP contribution in [0.5, 0.6) is 0 Å². The normalized spacial score (nSPS) is 51.3. The molecule has 0 heterocycles. The van der Waals surface area contributed by atoms with Gasteiger partial charge in [0.1, 0.15) is 0 Å². The van der Waals surface area contributed by atoms with Gasteiger partial charge < -0.3 is 14.9 Å². The minimum Gasteiger partial charge on any atom is -0.390 e. The number of rotatable bonds is 1. The summed E-state index contributed by atoms with van der Waals surface area (Å²) in [4.78, 5) is 0. The van der Waals surface area contributed by atoms with E-state index in [9.17, 15) is 10.2 Å². The van der Waals surface area contributed by atoms with Crippen LogP contribution >= 0.6 is 0 Å². The van der Waals surface area contributed by atoms with E-state index in [2.05, 4.69) is 34.6 Å². The van der Waals surface area contributed by atoms with Gasteiger partial charge in [0.05, 0.1) is 23.9 Å². The van der Waals surface area contributed by atoms with E-state index in [4.69, 9.17) is 4.74 Å². The number of aliphatic hydroxyl groups excluding tert-OH is 2. The average molecular weight is 363 g/mol. The largest absolute Gasteiger partial charge is 0.390 e. The Morgan fingerprint density at radius 3 is 2.46 bits per heavy atom. The van der Waals surface area contributed by atoms with Gasteiger partial charge in [0.25, 0.3) is 0 Å². The zero-order valence-corrected chi connectivity index (χ0v) is 17.3. The van der Waals surface area contributed by atoms with E-state index in [1.54, 1.807) is 0 Å². The van der Waals surface area contributed by atoms with Crippen LogP contribution in [0.4, 0.5) is 0 Å². The molecule has 4 rings (SSSR count). The van der Waals surface area contributed by atoms with Crippen LogP contribution in [-0.4, -0.2) is 34.1 Å². The third kappa shape index (κ3) is 2.81. The molecule has 3 nitrogen and oxygen atoms in total. The molecule has 0 spiro atoms. The quantitative estimate of drug-likeness (QED) is 0.677. The van der Waals surface area contributed by atoms with Crippen molar-refractivity contribution in [1.29, 1.82) is 0 Å². The van der Waals surface area contributed by atoms with Crippen molar-refractivity contribution in [3.8, 4) is 0 Å². The molecule has 0 aromatic carbocycles. The highest BCUT2D eigenvalue weighted by molar-refractivity contribution is 5.26. The SMILES string of the molecule is CC(C)(C)O[C@H]1CCC2C3CCC4=C[C@@H](O)[C@H](O)C[C@]4(C)C3CC[C@@]21C. The number of hydrogen-bond acceptors (Lipinski definition) is 3. The maximum absolute atomic E-state index is 10.4. The van der Waals surface area contributed by atoms with Crippen LogP contribution < -0.4 is 0 Å². The molecule has 0 aromatic heterocycles. The topological polar surface area (TPSA) is 49.7 Å². The molecule has 4 aliphatic carbocycles. The first kappa shape index (κ1) is 19.0. The summed E-state index contributed by atoms with van der Waals surface area (Å²) in [7, 11) is 0. The molecular formula is C23H38O3. The van der Waals surface area contributed by atoms with Crippen LogP contribution in [-0.2, 0) is 4.74 Å². The fourth-order valence-electron chi connectivity index (χ4n) is 7.33. The van der Waals surface area contributed by atoms with E-state index in [1.807, 2.05) is 6.08 Å². The second-order valence-corrected chi connectivity index (χ2v) is 11.1. The number of allylic oxidation sites excluding steroid dienone is 1. The predicted octanol–water partition coefficient (Wildman–Crippen LogP) is 4.46. The summed E-state index contributed by atoms with van der Waals surface area (Å²) in [6.45, 7) is 11.4. The smallest absolute Gasteiger partial charge is 0.0983 e. The molecule has 0 radical (unpaired) electrons. The zero-order chi connectivity index (χ0) is 18.9. The summed E-state index contributed by atoms with van der Waals surface area (Å²) in [6, 6.07) is 0. The van der Waals surface area contributed by atoms with Gasteiger partial charge in [-0.2, -0.15) is 0 Å². The molecule has 3 unspecified atom stereocenters. The van der Waals surface area contributed by atoms with Gasteiger partial charge >= 0.3 is 0 Å². The summed E-state index contributed by atoms with van der Waals surface area (Å²) in [5.74, 6) is 2.14. The van der Waals surface area contributed by atoms with Crippen molar-refractivity contribution in [2.24, 2.45) is 28.6 Å². The molecule has 3 heteroatoms. The molecule has 0 amide bonds. The van der Waals surface area contributed by atoms with Crippen molar-refractivity contribution >= 4 is 0 Å². The molecule has 2 N–H and O–H groups in total. The third-order valence-electron chi connectivity index (χ3n) is 8.54. The predicted molar refractivity (Wildman–Crippen MR) is 104 cm³/mol. The Hall–Kier alpha value is -0.380. The van der Waals surface area contributed by atoms with Gasteiger partial charge in [0.15, 0.2) is 0 Å². The molecule has 26 heavy (non-hydrogen) atoms. The minimum absolute atomic E-state index is 0.0719. The van der Waals surface area contributed by atoms with Crippen LogP contribution in [0.1, 0.15) is 79.6 Å². The number of aliphatic hydroxyl groups is 2. The Balaban J connectivity index is 1.60. The van der Waals surface area contributed by atoms with E-state index in [-0.39, 0.29) is 11.0 Å². The molecule has 8 atom stereocenters. The lowest BCUT2D eigenvalue weighted by Gasteiger charge is -2.59. The molecule has 3 fully saturated rings. The van der Waals surface area contributed by atoms with Gasteiger partial charge in [-0.05, 0) is 94.3 Å². The fourth-order valence-corrected chi connectivity index (χ4v) is 7.33. The Morgan fingerprint density at radius 1 is 1.04 bits per heavy atom. The van der Waals surface area contributed by atoms with E-state index >= 15 is 0 Å². The second-order valence-electron chi connectivity index (χ2n) is 11.1. The summed E-state index contributed by atoms with van der Waals surface area (Å²) in [5.41, 5.74) is 1.72. The summed E-state index contributed by atoms with van der Waals surface area (Å²) in [6.07, 6.45) is 9.13. The molecule has 0 bridgehead atoms. The molecule has 0 aromatic rings. The van der Waals surface area contributed by atoms with E-state index < -0.39 is 12.2 Å². The van der Waals surface area contributed by atoms with E-state index in [0.717, 1.165) is 24.7 Å². The molecule has 3 saturated carbocycles. The lowest BCUT2D eigenvalue weighted by atomic mass is 9.47. The minimum atomic E-state index is -0.667. The Labute approximate surface area is 159 Å². The van der Waals surface area contributed by atoms with Crippen LogP contribution in [0.3, 0.4) is 0 Å². The highest BCUT2D eigenvalue weighted by Crippen LogP contribution is 2.66. The molecule has 0 saturated heterocycles. The Morgan fingerprint density at radius 2 is 1.77 bits per heavy atom. The van der Waals surface area contributed by atoms with E-state index in [0.29, 0.717) is 17.4 Å². The fraction of sp³-hybridized carbons (Fsp3) is 0.913. The van der Waals surface area contributed by atoms with Gasteiger partial charge in [-0.25, -0.2) is 0 Å².